The molecule has 0 unspecified atom stereocenters. The average molecular weight is 292 g/mol. The first-order valence-corrected chi connectivity index (χ1v) is 6.55. The second-order valence-electron chi connectivity index (χ2n) is 3.75. The van der Waals surface area contributed by atoms with Gasteiger partial charge in [-0.15, -0.1) is 11.3 Å². The molecule has 0 bridgehead atoms. The molecule has 0 spiro atoms. The first kappa shape index (κ1) is 14.0. The summed E-state index contributed by atoms with van der Waals surface area (Å²) < 4.78 is 10.1. The van der Waals surface area contributed by atoms with E-state index in [0.717, 1.165) is 0 Å². The molecule has 0 atom stereocenters. The highest BCUT2D eigenvalue weighted by Crippen LogP contribution is 2.28. The highest BCUT2D eigenvalue weighted by molar-refractivity contribution is 7.13. The third kappa shape index (κ3) is 3.33. The topological polar surface area (TPSA) is 77.5 Å². The third-order valence-electron chi connectivity index (χ3n) is 2.33. The number of ether oxygens (including phenoxy) is 2. The number of carbonyl (C=O) groups excluding carboxylic acids is 2. The first-order valence-electron chi connectivity index (χ1n) is 5.67. The largest absolute Gasteiger partial charge is 0.493 e. The predicted molar refractivity (Wildman–Crippen MR) is 74.4 cm³/mol. The number of anilines is 1. The molecule has 0 aliphatic heterocycles. The summed E-state index contributed by atoms with van der Waals surface area (Å²) >= 11 is 1.32. The molecule has 0 aliphatic carbocycles. The van der Waals surface area contributed by atoms with E-state index in [1.807, 2.05) is 0 Å². The van der Waals surface area contributed by atoms with E-state index in [9.17, 15) is 9.59 Å². The lowest BCUT2D eigenvalue weighted by Gasteiger charge is -2.09. The van der Waals surface area contributed by atoms with Crippen molar-refractivity contribution in [2.45, 2.75) is 6.92 Å². The van der Waals surface area contributed by atoms with Crippen LogP contribution in [0.2, 0.25) is 0 Å². The Bertz CT molecular complexity index is 625. The van der Waals surface area contributed by atoms with E-state index < -0.39 is 5.97 Å². The highest BCUT2D eigenvalue weighted by Gasteiger charge is 2.13. The molecule has 0 aliphatic rings. The van der Waals surface area contributed by atoms with Crippen LogP contribution in [0.5, 0.6) is 11.5 Å². The van der Waals surface area contributed by atoms with Crippen LogP contribution in [0.1, 0.15) is 17.3 Å². The van der Waals surface area contributed by atoms with E-state index in [1.165, 1.54) is 37.5 Å². The molecule has 0 saturated heterocycles. The van der Waals surface area contributed by atoms with Crippen molar-refractivity contribution in [3.05, 3.63) is 35.3 Å². The first-order chi connectivity index (χ1) is 9.60. The van der Waals surface area contributed by atoms with Crippen LogP contribution in [-0.2, 0) is 4.79 Å². The number of thiazole rings is 1. The smallest absolute Gasteiger partial charge is 0.308 e. The summed E-state index contributed by atoms with van der Waals surface area (Å²) in [6.07, 6.45) is 1.60. The second-order valence-corrected chi connectivity index (χ2v) is 4.65. The Balaban J connectivity index is 2.20. The van der Waals surface area contributed by atoms with Crippen LogP contribution in [0.25, 0.3) is 0 Å². The Morgan fingerprint density at radius 3 is 2.70 bits per heavy atom. The quantitative estimate of drug-likeness (QED) is 0.691. The van der Waals surface area contributed by atoms with Crippen LogP contribution < -0.4 is 14.8 Å². The van der Waals surface area contributed by atoms with Crippen LogP contribution in [0, 0.1) is 0 Å². The molecule has 0 saturated carbocycles. The molecule has 7 heteroatoms. The van der Waals surface area contributed by atoms with Crippen LogP contribution in [-0.4, -0.2) is 24.0 Å². The van der Waals surface area contributed by atoms with Crippen molar-refractivity contribution >= 4 is 28.3 Å². The number of esters is 1. The Hall–Kier alpha value is -2.41. The summed E-state index contributed by atoms with van der Waals surface area (Å²) in [5.41, 5.74) is 0.382. The number of nitrogens with zero attached hydrogens (tertiary/aromatic N) is 1. The lowest BCUT2D eigenvalue weighted by Crippen LogP contribution is -2.12. The number of carbonyl (C=O) groups is 2. The van der Waals surface area contributed by atoms with Gasteiger partial charge in [0.1, 0.15) is 0 Å². The summed E-state index contributed by atoms with van der Waals surface area (Å²) in [6, 6.07) is 4.56. The van der Waals surface area contributed by atoms with Gasteiger partial charge in [0.25, 0.3) is 5.91 Å². The molecule has 20 heavy (non-hydrogen) atoms. The number of aromatic nitrogens is 1. The Morgan fingerprint density at radius 2 is 2.10 bits per heavy atom. The van der Waals surface area contributed by atoms with Crippen LogP contribution in [0.4, 0.5) is 5.13 Å². The van der Waals surface area contributed by atoms with E-state index >= 15 is 0 Å². The van der Waals surface area contributed by atoms with Gasteiger partial charge >= 0.3 is 5.97 Å². The molecule has 104 valence electrons. The van der Waals surface area contributed by atoms with Crippen molar-refractivity contribution in [1.29, 1.82) is 0 Å². The molecule has 1 aromatic carbocycles. The average Bonchev–Trinajstić information content (AvgIpc) is 2.91. The van der Waals surface area contributed by atoms with Gasteiger partial charge < -0.3 is 9.47 Å². The maximum atomic E-state index is 12.0. The van der Waals surface area contributed by atoms with Crippen LogP contribution in [0.15, 0.2) is 29.8 Å². The number of methoxy groups -OCH3 is 1. The van der Waals surface area contributed by atoms with E-state index in [0.29, 0.717) is 16.4 Å². The molecular formula is C13H12N2O4S. The maximum Gasteiger partial charge on any atom is 0.308 e. The van der Waals surface area contributed by atoms with Gasteiger partial charge in [-0.25, -0.2) is 4.98 Å². The Kier molecular flexibility index (Phi) is 4.31. The minimum Gasteiger partial charge on any atom is -0.493 e. The fourth-order valence-electron chi connectivity index (χ4n) is 1.50. The van der Waals surface area contributed by atoms with Crippen molar-refractivity contribution in [2.24, 2.45) is 0 Å². The maximum absolute atomic E-state index is 12.0. The summed E-state index contributed by atoms with van der Waals surface area (Å²) in [4.78, 5) is 26.9. The van der Waals surface area contributed by atoms with Crippen molar-refractivity contribution in [2.75, 3.05) is 12.4 Å². The normalized spacial score (nSPS) is 9.90. The van der Waals surface area contributed by atoms with Gasteiger partial charge in [-0.2, -0.15) is 0 Å². The summed E-state index contributed by atoms with van der Waals surface area (Å²) in [6.45, 7) is 1.29. The van der Waals surface area contributed by atoms with Crippen LogP contribution in [0.3, 0.4) is 0 Å². The monoisotopic (exact) mass is 292 g/mol. The van der Waals surface area contributed by atoms with Gasteiger partial charge in [-0.1, -0.05) is 0 Å². The molecule has 1 amide bonds. The van der Waals surface area contributed by atoms with Crippen molar-refractivity contribution in [3.63, 3.8) is 0 Å². The summed E-state index contributed by atoms with van der Waals surface area (Å²) in [5, 5.41) is 4.93. The van der Waals surface area contributed by atoms with E-state index in [2.05, 4.69) is 10.3 Å². The molecule has 0 radical (unpaired) electrons. The van der Waals surface area contributed by atoms with Crippen molar-refractivity contribution < 1.29 is 19.1 Å². The third-order valence-corrected chi connectivity index (χ3v) is 3.02. The van der Waals surface area contributed by atoms with Crippen molar-refractivity contribution in [1.82, 2.24) is 4.98 Å². The summed E-state index contributed by atoms with van der Waals surface area (Å²) in [7, 11) is 1.44. The zero-order chi connectivity index (χ0) is 14.5. The lowest BCUT2D eigenvalue weighted by atomic mass is 10.2. The standard InChI is InChI=1S/C13H12N2O4S/c1-8(16)19-10-4-3-9(7-11(10)18-2)12(17)15-13-14-5-6-20-13/h3-7H,1-2H3,(H,14,15,17). The number of benzene rings is 1. The minimum absolute atomic E-state index is 0.269. The van der Waals surface area contributed by atoms with E-state index in [4.69, 9.17) is 9.47 Å². The molecule has 1 N–H and O–H groups in total. The minimum atomic E-state index is -0.455. The van der Waals surface area contributed by atoms with Gasteiger partial charge in [0.15, 0.2) is 16.6 Å². The highest BCUT2D eigenvalue weighted by atomic mass is 32.1. The van der Waals surface area contributed by atoms with Gasteiger partial charge in [0.2, 0.25) is 0 Å². The molecule has 6 nitrogen and oxygen atoms in total. The number of nitrogens with one attached hydrogen (secondary N) is 1. The Morgan fingerprint density at radius 1 is 1.30 bits per heavy atom. The molecular weight excluding hydrogens is 280 g/mol. The molecule has 0 fully saturated rings. The predicted octanol–water partition coefficient (Wildman–Crippen LogP) is 2.33. The van der Waals surface area contributed by atoms with Crippen molar-refractivity contribution in [3.8, 4) is 11.5 Å². The number of amides is 1. The fourth-order valence-corrected chi connectivity index (χ4v) is 2.03. The zero-order valence-electron chi connectivity index (χ0n) is 10.9. The van der Waals surface area contributed by atoms with E-state index in [1.54, 1.807) is 17.6 Å². The zero-order valence-corrected chi connectivity index (χ0v) is 11.7. The fraction of sp³-hybridized carbons (Fsp3) is 0.154. The molecule has 1 aromatic heterocycles. The number of hydrogen-bond acceptors (Lipinski definition) is 6. The number of hydrogen-bond donors (Lipinski definition) is 1. The van der Waals surface area contributed by atoms with E-state index in [-0.39, 0.29) is 11.7 Å². The summed E-state index contributed by atoms with van der Waals surface area (Å²) in [5.74, 6) is -0.186. The number of rotatable bonds is 4. The van der Waals surface area contributed by atoms with Crippen LogP contribution >= 0.6 is 11.3 Å². The van der Waals surface area contributed by atoms with Gasteiger partial charge in [-0.05, 0) is 18.2 Å². The SMILES string of the molecule is COc1cc(C(=O)Nc2nccs2)ccc1OC(C)=O. The van der Waals surface area contributed by atoms with Gasteiger partial charge in [-0.3, -0.25) is 14.9 Å². The molecule has 2 aromatic rings. The molecule has 1 heterocycles. The lowest BCUT2D eigenvalue weighted by molar-refractivity contribution is -0.132. The Labute approximate surface area is 119 Å². The van der Waals surface area contributed by atoms with Gasteiger partial charge in [0, 0.05) is 24.1 Å². The van der Waals surface area contributed by atoms with Gasteiger partial charge in [0.05, 0.1) is 7.11 Å². The molecule has 2 rings (SSSR count). The second kappa shape index (κ2) is 6.16.